The smallest absolute Gasteiger partial charge is 0.320 e. The Hall–Kier alpha value is -1.10. The molecule has 0 aromatic heterocycles. The molecule has 0 aromatic rings. The Morgan fingerprint density at radius 1 is 1.46 bits per heavy atom. The summed E-state index contributed by atoms with van der Waals surface area (Å²) in [4.78, 5) is 22.9. The maximum Gasteiger partial charge on any atom is 0.320 e. The Morgan fingerprint density at radius 3 is 2.31 bits per heavy atom. The van der Waals surface area contributed by atoms with Crippen LogP contribution in [0.2, 0.25) is 0 Å². The highest BCUT2D eigenvalue weighted by Crippen LogP contribution is 2.04. The molecule has 0 rings (SSSR count). The van der Waals surface area contributed by atoms with Gasteiger partial charge < -0.3 is 9.84 Å². The Labute approximate surface area is 77.3 Å². The predicted octanol–water partition coefficient (Wildman–Crippen LogP) is -0.0456. The maximum absolute atomic E-state index is 10.7. The number of carboxylic acid groups (broad SMARTS) is 1. The van der Waals surface area contributed by atoms with Crippen molar-refractivity contribution in [2.45, 2.75) is 18.9 Å². The highest BCUT2D eigenvalue weighted by molar-refractivity contribution is 5.75. The van der Waals surface area contributed by atoms with E-state index >= 15 is 0 Å². The van der Waals surface area contributed by atoms with Crippen LogP contribution >= 0.6 is 0 Å². The molecule has 0 aliphatic carbocycles. The van der Waals surface area contributed by atoms with Crippen molar-refractivity contribution in [1.29, 1.82) is 0 Å². The molecular weight excluding hydrogens is 174 g/mol. The number of esters is 1. The van der Waals surface area contributed by atoms with Gasteiger partial charge >= 0.3 is 11.9 Å². The molecule has 1 atom stereocenters. The Morgan fingerprint density at radius 2 is 2.00 bits per heavy atom. The first-order chi connectivity index (χ1) is 5.99. The van der Waals surface area contributed by atoms with Crippen LogP contribution in [0.3, 0.4) is 0 Å². The van der Waals surface area contributed by atoms with Gasteiger partial charge in [0.05, 0.1) is 7.11 Å². The second-order valence-corrected chi connectivity index (χ2v) is 2.93. The second-order valence-electron chi connectivity index (χ2n) is 2.93. The van der Waals surface area contributed by atoms with Crippen LogP contribution in [0.4, 0.5) is 0 Å². The van der Waals surface area contributed by atoms with Crippen molar-refractivity contribution >= 4 is 11.9 Å². The number of ether oxygens (including phenoxy) is 1. The van der Waals surface area contributed by atoms with Crippen LogP contribution in [-0.4, -0.2) is 49.2 Å². The molecule has 0 aliphatic heterocycles. The number of hydrogen-bond acceptors (Lipinski definition) is 4. The van der Waals surface area contributed by atoms with Gasteiger partial charge in [0.25, 0.3) is 0 Å². The van der Waals surface area contributed by atoms with Gasteiger partial charge in [-0.25, -0.2) is 0 Å². The summed E-state index contributed by atoms with van der Waals surface area (Å²) in [5.74, 6) is -1.30. The molecule has 0 fully saturated rings. The van der Waals surface area contributed by atoms with E-state index in [1.807, 2.05) is 0 Å². The van der Waals surface area contributed by atoms with Gasteiger partial charge in [0.15, 0.2) is 0 Å². The molecule has 5 nitrogen and oxygen atoms in total. The zero-order valence-corrected chi connectivity index (χ0v) is 8.11. The summed E-state index contributed by atoms with van der Waals surface area (Å²) in [7, 11) is 4.61. The molecule has 0 saturated heterocycles. The summed E-state index contributed by atoms with van der Waals surface area (Å²) in [6.07, 6.45) is 0.403. The summed E-state index contributed by atoms with van der Waals surface area (Å²) in [6, 6.07) is -0.626. The van der Waals surface area contributed by atoms with Crippen molar-refractivity contribution in [3.63, 3.8) is 0 Å². The number of aliphatic carboxylic acids is 1. The van der Waals surface area contributed by atoms with Gasteiger partial charge in [0, 0.05) is 6.42 Å². The minimum atomic E-state index is -0.922. The van der Waals surface area contributed by atoms with Crippen LogP contribution in [0.15, 0.2) is 0 Å². The van der Waals surface area contributed by atoms with E-state index in [9.17, 15) is 9.59 Å². The molecule has 0 aromatic carbocycles. The number of rotatable bonds is 5. The SMILES string of the molecule is COC(=O)CC[C@H](C(=O)O)N(C)C. The van der Waals surface area contributed by atoms with Crippen molar-refractivity contribution in [3.05, 3.63) is 0 Å². The van der Waals surface area contributed by atoms with E-state index in [-0.39, 0.29) is 18.8 Å². The van der Waals surface area contributed by atoms with Crippen molar-refractivity contribution in [2.75, 3.05) is 21.2 Å². The van der Waals surface area contributed by atoms with Gasteiger partial charge in [-0.1, -0.05) is 0 Å². The van der Waals surface area contributed by atoms with E-state index in [1.165, 1.54) is 7.11 Å². The average molecular weight is 189 g/mol. The molecule has 76 valence electrons. The molecule has 0 saturated carbocycles. The molecule has 0 radical (unpaired) electrons. The fourth-order valence-electron chi connectivity index (χ4n) is 0.959. The zero-order chi connectivity index (χ0) is 10.4. The number of carbonyl (C=O) groups is 2. The Balaban J connectivity index is 3.97. The van der Waals surface area contributed by atoms with Crippen molar-refractivity contribution < 1.29 is 19.4 Å². The maximum atomic E-state index is 10.7. The fraction of sp³-hybridized carbons (Fsp3) is 0.750. The molecule has 0 amide bonds. The lowest BCUT2D eigenvalue weighted by atomic mass is 10.1. The van der Waals surface area contributed by atoms with Gasteiger partial charge in [0.1, 0.15) is 6.04 Å². The average Bonchev–Trinajstić information content (AvgIpc) is 2.03. The molecule has 5 heteroatoms. The van der Waals surface area contributed by atoms with Crippen molar-refractivity contribution in [2.24, 2.45) is 0 Å². The zero-order valence-electron chi connectivity index (χ0n) is 8.11. The van der Waals surface area contributed by atoms with Gasteiger partial charge in [-0.15, -0.1) is 0 Å². The van der Waals surface area contributed by atoms with E-state index in [0.717, 1.165) is 0 Å². The van der Waals surface area contributed by atoms with E-state index in [2.05, 4.69) is 4.74 Å². The number of nitrogens with zero attached hydrogens (tertiary/aromatic N) is 1. The summed E-state index contributed by atoms with van der Waals surface area (Å²) < 4.78 is 4.41. The predicted molar refractivity (Wildman–Crippen MR) is 46.4 cm³/mol. The first kappa shape index (κ1) is 11.9. The number of carboxylic acids is 1. The molecule has 0 bridgehead atoms. The summed E-state index contributed by atoms with van der Waals surface area (Å²) >= 11 is 0. The molecule has 0 unspecified atom stereocenters. The highest BCUT2D eigenvalue weighted by Gasteiger charge is 2.20. The third-order valence-corrected chi connectivity index (χ3v) is 1.76. The highest BCUT2D eigenvalue weighted by atomic mass is 16.5. The number of hydrogen-bond donors (Lipinski definition) is 1. The second kappa shape index (κ2) is 5.53. The lowest BCUT2D eigenvalue weighted by Gasteiger charge is -2.18. The molecular formula is C8H15NO4. The van der Waals surface area contributed by atoms with Crippen LogP contribution < -0.4 is 0 Å². The van der Waals surface area contributed by atoms with E-state index in [0.29, 0.717) is 0 Å². The van der Waals surface area contributed by atoms with Gasteiger partial charge in [-0.2, -0.15) is 0 Å². The first-order valence-electron chi connectivity index (χ1n) is 3.95. The summed E-state index contributed by atoms with van der Waals surface area (Å²) in [5.41, 5.74) is 0. The van der Waals surface area contributed by atoms with Crippen LogP contribution in [-0.2, 0) is 14.3 Å². The van der Waals surface area contributed by atoms with Gasteiger partial charge in [-0.3, -0.25) is 14.5 Å². The number of likely N-dealkylation sites (N-methyl/N-ethyl adjacent to an activating group) is 1. The van der Waals surface area contributed by atoms with Gasteiger partial charge in [0.2, 0.25) is 0 Å². The quantitative estimate of drug-likeness (QED) is 0.614. The van der Waals surface area contributed by atoms with E-state index < -0.39 is 12.0 Å². The lowest BCUT2D eigenvalue weighted by molar-refractivity contribution is -0.144. The van der Waals surface area contributed by atoms with E-state index in [4.69, 9.17) is 5.11 Å². The van der Waals surface area contributed by atoms with Crippen LogP contribution in [0, 0.1) is 0 Å². The summed E-state index contributed by atoms with van der Waals surface area (Å²) in [5, 5.41) is 8.74. The molecule has 13 heavy (non-hydrogen) atoms. The Bertz CT molecular complexity index is 191. The van der Waals surface area contributed by atoms with E-state index in [1.54, 1.807) is 19.0 Å². The van der Waals surface area contributed by atoms with Crippen LogP contribution in [0.5, 0.6) is 0 Å². The monoisotopic (exact) mass is 189 g/mol. The third kappa shape index (κ3) is 4.47. The lowest BCUT2D eigenvalue weighted by Crippen LogP contribution is -2.36. The topological polar surface area (TPSA) is 66.8 Å². The Kier molecular flexibility index (Phi) is 5.06. The van der Waals surface area contributed by atoms with Gasteiger partial charge in [-0.05, 0) is 20.5 Å². The fourth-order valence-corrected chi connectivity index (χ4v) is 0.959. The minimum absolute atomic E-state index is 0.131. The molecule has 0 heterocycles. The number of methoxy groups -OCH3 is 1. The number of carbonyl (C=O) groups excluding carboxylic acids is 1. The largest absolute Gasteiger partial charge is 0.480 e. The van der Waals surface area contributed by atoms with Crippen molar-refractivity contribution in [1.82, 2.24) is 4.90 Å². The van der Waals surface area contributed by atoms with Crippen LogP contribution in [0.25, 0.3) is 0 Å². The summed E-state index contributed by atoms with van der Waals surface area (Å²) in [6.45, 7) is 0. The van der Waals surface area contributed by atoms with Crippen molar-refractivity contribution in [3.8, 4) is 0 Å². The minimum Gasteiger partial charge on any atom is -0.480 e. The molecule has 1 N–H and O–H groups in total. The third-order valence-electron chi connectivity index (χ3n) is 1.76. The molecule has 0 aliphatic rings. The van der Waals surface area contributed by atoms with Crippen LogP contribution in [0.1, 0.15) is 12.8 Å². The normalized spacial score (nSPS) is 12.6. The first-order valence-corrected chi connectivity index (χ1v) is 3.95. The standard InChI is InChI=1S/C8H15NO4/c1-9(2)6(8(11)12)4-5-7(10)13-3/h6H,4-5H2,1-3H3,(H,11,12)/t6-/m1/s1. The molecule has 0 spiro atoms.